The van der Waals surface area contributed by atoms with E-state index >= 15 is 0 Å². The molecule has 0 fully saturated rings. The molecule has 0 aliphatic rings. The molecule has 3 rings (SSSR count). The number of aryl methyl sites for hydroxylation is 1. The lowest BCUT2D eigenvalue weighted by Gasteiger charge is -2.10. The van der Waals surface area contributed by atoms with Crippen LogP contribution in [0.25, 0.3) is 0 Å². The van der Waals surface area contributed by atoms with Gasteiger partial charge in [-0.25, -0.2) is 0 Å². The van der Waals surface area contributed by atoms with Crippen molar-refractivity contribution in [3.63, 3.8) is 0 Å². The first-order chi connectivity index (χ1) is 16.1. The molecule has 3 aromatic carbocycles. The van der Waals surface area contributed by atoms with Crippen molar-refractivity contribution in [2.24, 2.45) is 0 Å². The van der Waals surface area contributed by atoms with Gasteiger partial charge in [0.25, 0.3) is 5.91 Å². The van der Waals surface area contributed by atoms with Gasteiger partial charge in [-0.2, -0.15) is 0 Å². The van der Waals surface area contributed by atoms with Crippen LogP contribution < -0.4 is 20.7 Å². The minimum atomic E-state index is -0.192. The highest BCUT2D eigenvalue weighted by Gasteiger charge is 2.07. The third-order valence-electron chi connectivity index (χ3n) is 4.97. The number of ether oxygens (including phenoxy) is 1. The van der Waals surface area contributed by atoms with Crippen LogP contribution in [0.15, 0.2) is 78.9 Å². The Morgan fingerprint density at radius 1 is 0.879 bits per heavy atom. The van der Waals surface area contributed by atoms with E-state index in [4.69, 9.17) is 4.74 Å². The van der Waals surface area contributed by atoms with Crippen LogP contribution in [0.4, 0.5) is 11.4 Å². The number of nitrogens with one attached hydrogen (secondary N) is 3. The normalized spacial score (nSPS) is 10.3. The topological polar surface area (TPSA) is 79.5 Å². The summed E-state index contributed by atoms with van der Waals surface area (Å²) in [4.78, 5) is 24.4. The van der Waals surface area contributed by atoms with Crippen LogP contribution in [0.2, 0.25) is 0 Å². The lowest BCUT2D eigenvalue weighted by atomic mass is 10.1. The molecule has 0 aromatic heterocycles. The number of rotatable bonds is 12. The zero-order valence-electron chi connectivity index (χ0n) is 19.0. The van der Waals surface area contributed by atoms with Crippen molar-refractivity contribution >= 4 is 23.2 Å². The predicted molar refractivity (Wildman–Crippen MR) is 133 cm³/mol. The monoisotopic (exact) mass is 445 g/mol. The summed E-state index contributed by atoms with van der Waals surface area (Å²) < 4.78 is 5.80. The molecule has 6 nitrogen and oxygen atoms in total. The molecule has 0 aliphatic heterocycles. The maximum absolute atomic E-state index is 12.3. The molecule has 33 heavy (non-hydrogen) atoms. The van der Waals surface area contributed by atoms with Gasteiger partial charge >= 0.3 is 0 Å². The van der Waals surface area contributed by atoms with Gasteiger partial charge in [-0.15, -0.1) is 0 Å². The molecule has 172 valence electrons. The van der Waals surface area contributed by atoms with Gasteiger partial charge in [-0.1, -0.05) is 43.3 Å². The second-order valence-electron chi connectivity index (χ2n) is 7.70. The average Bonchev–Trinajstić information content (AvgIpc) is 2.85. The molecule has 0 unspecified atom stereocenters. The second-order valence-corrected chi connectivity index (χ2v) is 7.70. The van der Waals surface area contributed by atoms with Crippen molar-refractivity contribution in [3.05, 3.63) is 90.0 Å². The molecule has 2 amide bonds. The standard InChI is InChI=1S/C27H31N3O3/c1-2-17-28-27(32)22-11-6-12-24(19-22)30-26(31)20-29-23-13-15-25(16-14-23)33-18-7-10-21-8-4-3-5-9-21/h3-6,8-9,11-16,19,29H,2,7,10,17-18,20H2,1H3,(H,28,32)(H,30,31). The van der Waals surface area contributed by atoms with Crippen LogP contribution in [0.1, 0.15) is 35.7 Å². The summed E-state index contributed by atoms with van der Waals surface area (Å²) in [7, 11) is 0. The quantitative estimate of drug-likeness (QED) is 0.347. The molecule has 0 saturated carbocycles. The molecular weight excluding hydrogens is 414 g/mol. The third kappa shape index (κ3) is 8.33. The van der Waals surface area contributed by atoms with E-state index in [1.54, 1.807) is 24.3 Å². The molecular formula is C27H31N3O3. The molecule has 0 saturated heterocycles. The van der Waals surface area contributed by atoms with Crippen LogP contribution in [0.3, 0.4) is 0 Å². The number of carbonyl (C=O) groups excluding carboxylic acids is 2. The molecule has 0 spiro atoms. The fourth-order valence-corrected chi connectivity index (χ4v) is 3.25. The van der Waals surface area contributed by atoms with E-state index in [1.807, 2.05) is 49.4 Å². The fraction of sp³-hybridized carbons (Fsp3) is 0.259. The van der Waals surface area contributed by atoms with Gasteiger partial charge in [0.15, 0.2) is 0 Å². The Hall–Kier alpha value is -3.80. The van der Waals surface area contributed by atoms with Crippen LogP contribution in [0, 0.1) is 0 Å². The lowest BCUT2D eigenvalue weighted by Crippen LogP contribution is -2.24. The van der Waals surface area contributed by atoms with Gasteiger partial charge in [0.1, 0.15) is 5.75 Å². The highest BCUT2D eigenvalue weighted by atomic mass is 16.5. The van der Waals surface area contributed by atoms with E-state index in [-0.39, 0.29) is 18.4 Å². The van der Waals surface area contributed by atoms with Crippen LogP contribution in [0.5, 0.6) is 5.75 Å². The number of hydrogen-bond donors (Lipinski definition) is 3. The zero-order valence-corrected chi connectivity index (χ0v) is 19.0. The van der Waals surface area contributed by atoms with Crippen molar-refractivity contribution in [3.8, 4) is 5.75 Å². The van der Waals surface area contributed by atoms with Gasteiger partial charge < -0.3 is 20.7 Å². The molecule has 0 aliphatic carbocycles. The first-order valence-corrected chi connectivity index (χ1v) is 11.3. The summed E-state index contributed by atoms with van der Waals surface area (Å²) in [6, 6.07) is 24.8. The van der Waals surface area contributed by atoms with Crippen molar-refractivity contribution in [1.82, 2.24) is 5.32 Å². The van der Waals surface area contributed by atoms with Gasteiger partial charge in [-0.05, 0) is 67.3 Å². The van der Waals surface area contributed by atoms with E-state index in [0.717, 1.165) is 30.7 Å². The predicted octanol–water partition coefficient (Wildman–Crippen LogP) is 4.89. The number of carbonyl (C=O) groups is 2. The fourth-order valence-electron chi connectivity index (χ4n) is 3.25. The molecule has 3 N–H and O–H groups in total. The average molecular weight is 446 g/mol. The van der Waals surface area contributed by atoms with Crippen molar-refractivity contribution in [1.29, 1.82) is 0 Å². The first-order valence-electron chi connectivity index (χ1n) is 11.3. The van der Waals surface area contributed by atoms with Crippen LogP contribution in [-0.2, 0) is 11.2 Å². The van der Waals surface area contributed by atoms with Crippen LogP contribution in [-0.4, -0.2) is 31.5 Å². The minimum absolute atomic E-state index is 0.115. The molecule has 0 heterocycles. The number of benzene rings is 3. The van der Waals surface area contributed by atoms with E-state index in [9.17, 15) is 9.59 Å². The Kier molecular flexibility index (Phi) is 9.33. The van der Waals surface area contributed by atoms with Crippen LogP contribution >= 0.6 is 0 Å². The maximum Gasteiger partial charge on any atom is 0.251 e. The summed E-state index contributed by atoms with van der Waals surface area (Å²) in [5.41, 5.74) is 3.25. The molecule has 0 radical (unpaired) electrons. The third-order valence-corrected chi connectivity index (χ3v) is 4.97. The Morgan fingerprint density at radius 3 is 2.42 bits per heavy atom. The summed E-state index contributed by atoms with van der Waals surface area (Å²) in [6.07, 6.45) is 2.81. The smallest absolute Gasteiger partial charge is 0.251 e. The summed E-state index contributed by atoms with van der Waals surface area (Å²) >= 11 is 0. The van der Waals surface area contributed by atoms with Crippen molar-refractivity contribution in [2.75, 3.05) is 30.3 Å². The van der Waals surface area contributed by atoms with Gasteiger partial charge in [0.2, 0.25) is 5.91 Å². The van der Waals surface area contributed by atoms with E-state index in [2.05, 4.69) is 28.1 Å². The molecule has 0 atom stereocenters. The summed E-state index contributed by atoms with van der Waals surface area (Å²) in [5, 5.41) is 8.75. The maximum atomic E-state index is 12.3. The number of anilines is 2. The minimum Gasteiger partial charge on any atom is -0.494 e. The Balaban J connectivity index is 1.39. The van der Waals surface area contributed by atoms with Gasteiger partial charge in [0.05, 0.1) is 13.2 Å². The van der Waals surface area contributed by atoms with Gasteiger partial charge in [0, 0.05) is 23.5 Å². The van der Waals surface area contributed by atoms with E-state index in [0.29, 0.717) is 24.4 Å². The summed E-state index contributed by atoms with van der Waals surface area (Å²) in [6.45, 7) is 3.39. The SMILES string of the molecule is CCCNC(=O)c1cccc(NC(=O)CNc2ccc(OCCCc3ccccc3)cc2)c1. The van der Waals surface area contributed by atoms with E-state index in [1.165, 1.54) is 5.56 Å². The van der Waals surface area contributed by atoms with Gasteiger partial charge in [-0.3, -0.25) is 9.59 Å². The van der Waals surface area contributed by atoms with Crippen molar-refractivity contribution in [2.45, 2.75) is 26.2 Å². The first kappa shape index (κ1) is 23.9. The van der Waals surface area contributed by atoms with E-state index < -0.39 is 0 Å². The lowest BCUT2D eigenvalue weighted by molar-refractivity contribution is -0.114. The highest BCUT2D eigenvalue weighted by Crippen LogP contribution is 2.16. The van der Waals surface area contributed by atoms with Crippen molar-refractivity contribution < 1.29 is 14.3 Å². The number of amides is 2. The highest BCUT2D eigenvalue weighted by molar-refractivity contribution is 5.98. The Morgan fingerprint density at radius 2 is 1.67 bits per heavy atom. The Bertz CT molecular complexity index is 1020. The molecule has 0 bridgehead atoms. The molecule has 6 heteroatoms. The second kappa shape index (κ2) is 12.9. The summed E-state index contributed by atoms with van der Waals surface area (Å²) in [5.74, 6) is 0.465. The number of hydrogen-bond acceptors (Lipinski definition) is 4. The largest absolute Gasteiger partial charge is 0.494 e. The Labute approximate surface area is 195 Å². The molecule has 3 aromatic rings. The zero-order chi connectivity index (χ0) is 23.3.